The van der Waals surface area contributed by atoms with Gasteiger partial charge in [0.2, 0.25) is 0 Å². The first-order chi connectivity index (χ1) is 8.32. The summed E-state index contributed by atoms with van der Waals surface area (Å²) >= 11 is 0. The Kier molecular flexibility index (Phi) is 3.14. The maximum atomic E-state index is 12.5. The quantitative estimate of drug-likeness (QED) is 0.819. The van der Waals surface area contributed by atoms with Crippen molar-refractivity contribution >= 4 is 5.78 Å². The third-order valence-corrected chi connectivity index (χ3v) is 4.60. The number of Topliss-reactive ketones (excluding diaryl/α,β-unsaturated/α-hetero) is 1. The van der Waals surface area contributed by atoms with Gasteiger partial charge in [0.25, 0.3) is 0 Å². The van der Waals surface area contributed by atoms with Crippen LogP contribution in [0.5, 0.6) is 0 Å². The lowest BCUT2D eigenvalue weighted by Gasteiger charge is -2.32. The van der Waals surface area contributed by atoms with E-state index in [1.54, 1.807) is 6.08 Å². The molecule has 1 fully saturated rings. The van der Waals surface area contributed by atoms with Crippen molar-refractivity contribution in [2.24, 2.45) is 17.8 Å². The Morgan fingerprint density at radius 3 is 2.67 bits per heavy atom. The SMILES string of the molecule is C=CC1=C(C)C2C(=O)C(O)(C(C)C)CC2C(C)O1. The molecule has 100 valence electrons. The molecule has 0 saturated heterocycles. The standard InChI is InChI=1S/C15H22O3/c1-6-12-9(4)13-11(10(5)18-12)7-15(17,8(2)3)14(13)16/h6,8,10-11,13,17H,1,7H2,2-5H3. The van der Waals surface area contributed by atoms with Crippen molar-refractivity contribution in [3.8, 4) is 0 Å². The van der Waals surface area contributed by atoms with Crippen molar-refractivity contribution in [2.75, 3.05) is 0 Å². The van der Waals surface area contributed by atoms with Crippen LogP contribution in [0, 0.1) is 17.8 Å². The number of ether oxygens (including phenoxy) is 1. The first kappa shape index (κ1) is 13.3. The molecule has 1 N–H and O–H groups in total. The summed E-state index contributed by atoms with van der Waals surface area (Å²) < 4.78 is 5.78. The van der Waals surface area contributed by atoms with Gasteiger partial charge in [-0.05, 0) is 37.8 Å². The summed E-state index contributed by atoms with van der Waals surface area (Å²) in [4.78, 5) is 12.5. The summed E-state index contributed by atoms with van der Waals surface area (Å²) in [6, 6.07) is 0. The van der Waals surface area contributed by atoms with Crippen molar-refractivity contribution in [3.63, 3.8) is 0 Å². The third kappa shape index (κ3) is 1.64. The molecule has 0 spiro atoms. The van der Waals surface area contributed by atoms with Gasteiger partial charge in [0.15, 0.2) is 5.78 Å². The van der Waals surface area contributed by atoms with Crippen LogP contribution < -0.4 is 0 Å². The second kappa shape index (κ2) is 4.23. The molecule has 0 bridgehead atoms. The van der Waals surface area contributed by atoms with E-state index in [1.165, 1.54) is 0 Å². The Bertz CT molecular complexity index is 421. The number of fused-ring (bicyclic) bond motifs is 1. The number of ketones is 1. The molecule has 0 amide bonds. The molecule has 4 unspecified atom stereocenters. The number of carbonyl (C=O) groups excluding carboxylic acids is 1. The van der Waals surface area contributed by atoms with Crippen LogP contribution in [0.25, 0.3) is 0 Å². The van der Waals surface area contributed by atoms with Gasteiger partial charge >= 0.3 is 0 Å². The average molecular weight is 250 g/mol. The highest BCUT2D eigenvalue weighted by atomic mass is 16.5. The van der Waals surface area contributed by atoms with Crippen LogP contribution in [0.2, 0.25) is 0 Å². The zero-order valence-electron chi connectivity index (χ0n) is 11.6. The fraction of sp³-hybridized carbons (Fsp3) is 0.667. The summed E-state index contributed by atoms with van der Waals surface area (Å²) in [6.45, 7) is 11.4. The summed E-state index contributed by atoms with van der Waals surface area (Å²) in [5, 5.41) is 10.6. The second-order valence-corrected chi connectivity index (χ2v) is 5.86. The number of carbonyl (C=O) groups is 1. The lowest BCUT2D eigenvalue weighted by atomic mass is 9.82. The fourth-order valence-electron chi connectivity index (χ4n) is 3.26. The predicted molar refractivity (Wildman–Crippen MR) is 69.8 cm³/mol. The molecule has 4 atom stereocenters. The van der Waals surface area contributed by atoms with Gasteiger partial charge in [0.1, 0.15) is 11.4 Å². The first-order valence-electron chi connectivity index (χ1n) is 6.59. The summed E-state index contributed by atoms with van der Waals surface area (Å²) in [7, 11) is 0. The van der Waals surface area contributed by atoms with E-state index in [1.807, 2.05) is 27.7 Å². The van der Waals surface area contributed by atoms with Gasteiger partial charge in [-0.3, -0.25) is 4.79 Å². The Morgan fingerprint density at radius 1 is 1.56 bits per heavy atom. The summed E-state index contributed by atoms with van der Waals surface area (Å²) in [6.07, 6.45) is 2.10. The van der Waals surface area contributed by atoms with Crippen LogP contribution >= 0.6 is 0 Å². The van der Waals surface area contributed by atoms with Gasteiger partial charge in [-0.25, -0.2) is 0 Å². The largest absolute Gasteiger partial charge is 0.490 e. The topological polar surface area (TPSA) is 46.5 Å². The van der Waals surface area contributed by atoms with E-state index >= 15 is 0 Å². The molecule has 1 saturated carbocycles. The average Bonchev–Trinajstić information content (AvgIpc) is 2.59. The molecule has 0 radical (unpaired) electrons. The van der Waals surface area contributed by atoms with E-state index in [2.05, 4.69) is 6.58 Å². The number of hydrogen-bond donors (Lipinski definition) is 1. The van der Waals surface area contributed by atoms with Crippen LogP contribution in [-0.2, 0) is 9.53 Å². The number of aliphatic hydroxyl groups is 1. The zero-order chi connectivity index (χ0) is 13.7. The number of allylic oxidation sites excluding steroid dienone is 2. The van der Waals surface area contributed by atoms with E-state index in [0.29, 0.717) is 12.2 Å². The molecule has 0 aromatic carbocycles. The Labute approximate surface area is 109 Å². The minimum absolute atomic E-state index is 0.0468. The zero-order valence-corrected chi connectivity index (χ0v) is 11.6. The minimum atomic E-state index is -1.20. The summed E-state index contributed by atoms with van der Waals surface area (Å²) in [5.74, 6) is 0.449. The maximum absolute atomic E-state index is 12.5. The molecule has 1 heterocycles. The molecular formula is C15H22O3. The van der Waals surface area contributed by atoms with E-state index < -0.39 is 5.60 Å². The van der Waals surface area contributed by atoms with E-state index in [-0.39, 0.29) is 29.6 Å². The normalized spacial score (nSPS) is 39.9. The smallest absolute Gasteiger partial charge is 0.172 e. The maximum Gasteiger partial charge on any atom is 0.172 e. The first-order valence-corrected chi connectivity index (χ1v) is 6.59. The molecule has 3 nitrogen and oxygen atoms in total. The fourth-order valence-corrected chi connectivity index (χ4v) is 3.26. The van der Waals surface area contributed by atoms with Gasteiger partial charge in [-0.15, -0.1) is 0 Å². The van der Waals surface area contributed by atoms with Gasteiger partial charge in [0, 0.05) is 5.92 Å². The molecule has 0 aromatic rings. The van der Waals surface area contributed by atoms with Crippen molar-refractivity contribution in [3.05, 3.63) is 24.0 Å². The molecule has 1 aliphatic carbocycles. The monoisotopic (exact) mass is 250 g/mol. The minimum Gasteiger partial charge on any atom is -0.490 e. The third-order valence-electron chi connectivity index (χ3n) is 4.60. The predicted octanol–water partition coefficient (Wildman–Crippen LogP) is 2.46. The van der Waals surface area contributed by atoms with Crippen molar-refractivity contribution in [1.29, 1.82) is 0 Å². The lowest BCUT2D eigenvalue weighted by molar-refractivity contribution is -0.139. The molecule has 18 heavy (non-hydrogen) atoms. The van der Waals surface area contributed by atoms with Gasteiger partial charge in [0.05, 0.1) is 12.0 Å². The van der Waals surface area contributed by atoms with E-state index in [0.717, 1.165) is 5.57 Å². The van der Waals surface area contributed by atoms with Crippen LogP contribution in [0.15, 0.2) is 24.0 Å². The van der Waals surface area contributed by atoms with Gasteiger partial charge in [-0.2, -0.15) is 0 Å². The highest BCUT2D eigenvalue weighted by molar-refractivity contribution is 5.94. The highest BCUT2D eigenvalue weighted by Gasteiger charge is 2.57. The molecule has 2 rings (SSSR count). The Hall–Kier alpha value is -1.09. The molecule has 3 heteroatoms. The highest BCUT2D eigenvalue weighted by Crippen LogP contribution is 2.49. The lowest BCUT2D eigenvalue weighted by Crippen LogP contribution is -2.41. The Morgan fingerprint density at radius 2 is 2.17 bits per heavy atom. The number of rotatable bonds is 2. The summed E-state index contributed by atoms with van der Waals surface area (Å²) in [5.41, 5.74) is -0.292. The van der Waals surface area contributed by atoms with E-state index in [4.69, 9.17) is 4.74 Å². The molecule has 1 aliphatic heterocycles. The van der Waals surface area contributed by atoms with Crippen LogP contribution in [0.1, 0.15) is 34.1 Å². The van der Waals surface area contributed by atoms with Crippen LogP contribution in [0.4, 0.5) is 0 Å². The van der Waals surface area contributed by atoms with Crippen molar-refractivity contribution < 1.29 is 14.6 Å². The van der Waals surface area contributed by atoms with Crippen LogP contribution in [0.3, 0.4) is 0 Å². The van der Waals surface area contributed by atoms with E-state index in [9.17, 15) is 9.90 Å². The van der Waals surface area contributed by atoms with Crippen LogP contribution in [-0.4, -0.2) is 22.6 Å². The second-order valence-electron chi connectivity index (χ2n) is 5.86. The molecular weight excluding hydrogens is 228 g/mol. The van der Waals surface area contributed by atoms with Gasteiger partial charge in [-0.1, -0.05) is 20.4 Å². The Balaban J connectivity index is 2.46. The van der Waals surface area contributed by atoms with Gasteiger partial charge < -0.3 is 9.84 Å². The van der Waals surface area contributed by atoms with Crippen molar-refractivity contribution in [2.45, 2.75) is 45.8 Å². The van der Waals surface area contributed by atoms with Crippen molar-refractivity contribution in [1.82, 2.24) is 0 Å². The molecule has 2 aliphatic rings. The molecule has 0 aromatic heterocycles. The number of hydrogen-bond acceptors (Lipinski definition) is 3.